The van der Waals surface area contributed by atoms with Crippen LogP contribution in [0.4, 0.5) is 5.13 Å². The van der Waals surface area contributed by atoms with E-state index in [1.54, 1.807) is 31.2 Å². The van der Waals surface area contributed by atoms with Crippen LogP contribution in [-0.2, 0) is 11.2 Å². The van der Waals surface area contributed by atoms with Crippen LogP contribution in [-0.4, -0.2) is 33.9 Å². The molecule has 1 unspecified atom stereocenters. The number of carbonyl (C=O) groups excluding carboxylic acids is 2. The predicted molar refractivity (Wildman–Crippen MR) is 91.3 cm³/mol. The Labute approximate surface area is 147 Å². The van der Waals surface area contributed by atoms with Crippen molar-refractivity contribution in [3.8, 4) is 0 Å². The van der Waals surface area contributed by atoms with E-state index in [2.05, 4.69) is 20.8 Å². The van der Waals surface area contributed by atoms with Gasteiger partial charge in [0.05, 0.1) is 10.6 Å². The van der Waals surface area contributed by atoms with Gasteiger partial charge < -0.3 is 5.32 Å². The van der Waals surface area contributed by atoms with Crippen LogP contribution in [0.2, 0.25) is 5.02 Å². The van der Waals surface area contributed by atoms with Gasteiger partial charge in [0.2, 0.25) is 11.0 Å². The third kappa shape index (κ3) is 5.16. The molecule has 6 nitrogen and oxygen atoms in total. The number of benzene rings is 1. The van der Waals surface area contributed by atoms with Crippen molar-refractivity contribution in [1.82, 2.24) is 15.5 Å². The fraction of sp³-hybridized carbons (Fsp3) is 0.286. The number of alkyl halides is 1. The summed E-state index contributed by atoms with van der Waals surface area (Å²) in [4.78, 5) is 23.4. The predicted octanol–water partition coefficient (Wildman–Crippen LogP) is 2.73. The van der Waals surface area contributed by atoms with Crippen LogP contribution in [0.25, 0.3) is 0 Å². The highest BCUT2D eigenvalue weighted by Gasteiger charge is 2.13. The molecule has 2 aromatic rings. The molecule has 0 spiro atoms. The molecule has 2 rings (SSSR count). The summed E-state index contributed by atoms with van der Waals surface area (Å²) in [6.07, 6.45) is 0.500. The summed E-state index contributed by atoms with van der Waals surface area (Å²) in [5, 5.41) is 14.0. The number of hydrogen-bond donors (Lipinski definition) is 2. The number of nitrogens with zero attached hydrogens (tertiary/aromatic N) is 2. The lowest BCUT2D eigenvalue weighted by molar-refractivity contribution is -0.115. The van der Waals surface area contributed by atoms with Gasteiger partial charge in [0.15, 0.2) is 0 Å². The zero-order chi connectivity index (χ0) is 16.8. The maximum Gasteiger partial charge on any atom is 0.252 e. The normalized spacial score (nSPS) is 11.8. The van der Waals surface area contributed by atoms with Crippen LogP contribution in [0.15, 0.2) is 24.3 Å². The smallest absolute Gasteiger partial charge is 0.252 e. The Balaban J connectivity index is 1.83. The van der Waals surface area contributed by atoms with Gasteiger partial charge >= 0.3 is 0 Å². The van der Waals surface area contributed by atoms with E-state index in [-0.39, 0.29) is 11.8 Å². The lowest BCUT2D eigenvalue weighted by atomic mass is 10.2. The SMILES string of the molecule is CC(Cl)C(=O)Nc1nnc(CCNC(=O)c2ccccc2Cl)s1. The Morgan fingerprint density at radius 3 is 2.74 bits per heavy atom. The number of rotatable bonds is 6. The fourth-order valence-corrected chi connectivity index (χ4v) is 2.65. The topological polar surface area (TPSA) is 84.0 Å². The van der Waals surface area contributed by atoms with Crippen molar-refractivity contribution in [2.45, 2.75) is 18.7 Å². The van der Waals surface area contributed by atoms with Gasteiger partial charge in [-0.3, -0.25) is 14.9 Å². The Hall–Kier alpha value is -1.70. The van der Waals surface area contributed by atoms with Gasteiger partial charge in [-0.1, -0.05) is 35.1 Å². The molecule has 122 valence electrons. The summed E-state index contributed by atoms with van der Waals surface area (Å²) in [6, 6.07) is 6.83. The molecule has 2 N–H and O–H groups in total. The molecule has 0 fully saturated rings. The Morgan fingerprint density at radius 1 is 1.30 bits per heavy atom. The summed E-state index contributed by atoms with van der Waals surface area (Å²) in [7, 11) is 0. The fourth-order valence-electron chi connectivity index (χ4n) is 1.63. The molecule has 1 atom stereocenters. The van der Waals surface area contributed by atoms with Crippen molar-refractivity contribution in [1.29, 1.82) is 0 Å². The maximum atomic E-state index is 12.0. The van der Waals surface area contributed by atoms with Gasteiger partial charge in [-0.2, -0.15) is 0 Å². The Kier molecular flexibility index (Phi) is 6.32. The molecular formula is C14H14Cl2N4O2S. The quantitative estimate of drug-likeness (QED) is 0.763. The Morgan fingerprint density at radius 2 is 2.04 bits per heavy atom. The number of aromatic nitrogens is 2. The summed E-state index contributed by atoms with van der Waals surface area (Å²) in [5.41, 5.74) is 0.426. The van der Waals surface area contributed by atoms with Crippen molar-refractivity contribution < 1.29 is 9.59 Å². The molecular weight excluding hydrogens is 359 g/mol. The molecule has 1 aromatic heterocycles. The van der Waals surface area contributed by atoms with Crippen LogP contribution in [0.5, 0.6) is 0 Å². The summed E-state index contributed by atoms with van der Waals surface area (Å²) in [5.74, 6) is -0.578. The summed E-state index contributed by atoms with van der Waals surface area (Å²) < 4.78 is 0. The van der Waals surface area contributed by atoms with E-state index < -0.39 is 5.38 Å². The van der Waals surface area contributed by atoms with Gasteiger partial charge in [-0.15, -0.1) is 21.8 Å². The van der Waals surface area contributed by atoms with E-state index in [4.69, 9.17) is 23.2 Å². The van der Waals surface area contributed by atoms with Gasteiger partial charge in [-0.25, -0.2) is 0 Å². The van der Waals surface area contributed by atoms with E-state index in [0.717, 1.165) is 0 Å². The minimum absolute atomic E-state index is 0.246. The van der Waals surface area contributed by atoms with E-state index in [1.165, 1.54) is 11.3 Å². The van der Waals surface area contributed by atoms with Gasteiger partial charge in [0.25, 0.3) is 5.91 Å². The minimum atomic E-state index is -0.641. The molecule has 23 heavy (non-hydrogen) atoms. The molecule has 1 heterocycles. The first-order chi connectivity index (χ1) is 11.0. The number of halogens is 2. The van der Waals surface area contributed by atoms with E-state index in [9.17, 15) is 9.59 Å². The molecule has 0 saturated heterocycles. The minimum Gasteiger partial charge on any atom is -0.352 e. The first-order valence-corrected chi connectivity index (χ1v) is 8.40. The largest absolute Gasteiger partial charge is 0.352 e. The number of carbonyl (C=O) groups is 2. The number of nitrogens with one attached hydrogen (secondary N) is 2. The molecule has 0 saturated carbocycles. The monoisotopic (exact) mass is 372 g/mol. The van der Waals surface area contributed by atoms with Crippen molar-refractivity contribution in [3.63, 3.8) is 0 Å². The van der Waals surface area contributed by atoms with Crippen molar-refractivity contribution >= 4 is 51.5 Å². The van der Waals surface area contributed by atoms with Crippen LogP contribution in [0, 0.1) is 0 Å². The standard InChI is InChI=1S/C14H14Cl2N4O2S/c1-8(15)12(21)18-14-20-19-11(23-14)6-7-17-13(22)9-4-2-3-5-10(9)16/h2-5,8H,6-7H2,1H3,(H,17,22)(H,18,20,21). The highest BCUT2D eigenvalue weighted by atomic mass is 35.5. The van der Waals surface area contributed by atoms with E-state index in [0.29, 0.717) is 33.7 Å². The first-order valence-electron chi connectivity index (χ1n) is 6.77. The summed E-state index contributed by atoms with van der Waals surface area (Å²) in [6.45, 7) is 1.96. The van der Waals surface area contributed by atoms with Gasteiger partial charge in [0, 0.05) is 13.0 Å². The molecule has 0 aliphatic carbocycles. The molecule has 0 bridgehead atoms. The first kappa shape index (κ1) is 17.7. The number of hydrogen-bond acceptors (Lipinski definition) is 5. The third-order valence-corrected chi connectivity index (χ3v) is 4.23. The highest BCUT2D eigenvalue weighted by molar-refractivity contribution is 7.15. The van der Waals surface area contributed by atoms with E-state index in [1.807, 2.05) is 0 Å². The highest BCUT2D eigenvalue weighted by Crippen LogP contribution is 2.17. The zero-order valence-corrected chi connectivity index (χ0v) is 14.5. The van der Waals surface area contributed by atoms with Gasteiger partial charge in [-0.05, 0) is 19.1 Å². The van der Waals surface area contributed by atoms with Gasteiger partial charge in [0.1, 0.15) is 10.4 Å². The number of amides is 2. The molecule has 1 aromatic carbocycles. The van der Waals surface area contributed by atoms with E-state index >= 15 is 0 Å². The molecule has 0 aliphatic rings. The second-order valence-electron chi connectivity index (χ2n) is 4.59. The summed E-state index contributed by atoms with van der Waals surface area (Å²) >= 11 is 12.9. The second-order valence-corrected chi connectivity index (χ2v) is 6.72. The van der Waals surface area contributed by atoms with Crippen LogP contribution in [0.1, 0.15) is 22.3 Å². The molecule has 0 radical (unpaired) electrons. The molecule has 0 aliphatic heterocycles. The number of anilines is 1. The lowest BCUT2D eigenvalue weighted by Gasteiger charge is -2.05. The second kappa shape index (κ2) is 8.24. The maximum absolute atomic E-state index is 12.0. The van der Waals surface area contributed by atoms with Crippen LogP contribution >= 0.6 is 34.5 Å². The van der Waals surface area contributed by atoms with Crippen LogP contribution in [0.3, 0.4) is 0 Å². The van der Waals surface area contributed by atoms with Crippen molar-refractivity contribution in [2.75, 3.05) is 11.9 Å². The van der Waals surface area contributed by atoms with Crippen molar-refractivity contribution in [2.24, 2.45) is 0 Å². The molecule has 2 amide bonds. The third-order valence-electron chi connectivity index (χ3n) is 2.80. The Bertz CT molecular complexity index is 706. The van der Waals surface area contributed by atoms with Crippen molar-refractivity contribution in [3.05, 3.63) is 39.9 Å². The average molecular weight is 373 g/mol. The molecule has 9 heteroatoms. The average Bonchev–Trinajstić information content (AvgIpc) is 2.95. The zero-order valence-electron chi connectivity index (χ0n) is 12.2. The van der Waals surface area contributed by atoms with Crippen LogP contribution < -0.4 is 10.6 Å². The lowest BCUT2D eigenvalue weighted by Crippen LogP contribution is -2.25.